The van der Waals surface area contributed by atoms with E-state index in [9.17, 15) is 19.5 Å². The van der Waals surface area contributed by atoms with Gasteiger partial charge in [-0.3, -0.25) is 19.3 Å². The van der Waals surface area contributed by atoms with Crippen molar-refractivity contribution in [2.24, 2.45) is 0 Å². The van der Waals surface area contributed by atoms with Crippen LogP contribution in [0.1, 0.15) is 37.6 Å². The van der Waals surface area contributed by atoms with Crippen LogP contribution < -0.4 is 15.0 Å². The number of ketones is 1. The van der Waals surface area contributed by atoms with Crippen LogP contribution in [-0.4, -0.2) is 29.3 Å². The minimum absolute atomic E-state index is 0.0906. The first kappa shape index (κ1) is 22.8. The van der Waals surface area contributed by atoms with Gasteiger partial charge in [-0.2, -0.15) is 0 Å². The molecule has 0 bridgehead atoms. The topological polar surface area (TPSA) is 109 Å². The second-order valence-electron chi connectivity index (χ2n) is 7.79. The average Bonchev–Trinajstić information content (AvgIpc) is 3.44. The number of rotatable bonds is 7. The van der Waals surface area contributed by atoms with Crippen molar-refractivity contribution in [2.45, 2.75) is 26.3 Å². The van der Waals surface area contributed by atoms with E-state index in [0.717, 1.165) is 6.42 Å². The Morgan fingerprint density at radius 3 is 2.53 bits per heavy atom. The number of anilines is 2. The van der Waals surface area contributed by atoms with Gasteiger partial charge in [0.15, 0.2) is 0 Å². The zero-order valence-corrected chi connectivity index (χ0v) is 18.8. The highest BCUT2D eigenvalue weighted by Crippen LogP contribution is 2.42. The number of hydrogen-bond acceptors (Lipinski definition) is 6. The van der Waals surface area contributed by atoms with Gasteiger partial charge in [0, 0.05) is 23.9 Å². The number of Topliss-reactive ketones (excluding diaryl/α,β-unsaturated/α-hetero) is 1. The quantitative estimate of drug-likeness (QED) is 0.302. The van der Waals surface area contributed by atoms with Crippen LogP contribution in [0.3, 0.4) is 0 Å². The highest BCUT2D eigenvalue weighted by Gasteiger charge is 2.48. The zero-order chi connectivity index (χ0) is 24.2. The lowest BCUT2D eigenvalue weighted by molar-refractivity contribution is -0.132. The van der Waals surface area contributed by atoms with E-state index >= 15 is 0 Å². The lowest BCUT2D eigenvalue weighted by Crippen LogP contribution is -2.29. The summed E-state index contributed by atoms with van der Waals surface area (Å²) in [6, 6.07) is 15.5. The summed E-state index contributed by atoms with van der Waals surface area (Å²) in [5.74, 6) is -1.29. The molecule has 1 unspecified atom stereocenters. The van der Waals surface area contributed by atoms with Gasteiger partial charge in [0.05, 0.1) is 18.4 Å². The van der Waals surface area contributed by atoms with E-state index in [2.05, 4.69) is 5.32 Å². The SMILES string of the molecule is CCCOc1ccc(/C(O)=C2/C(=O)C(=O)N(c3cccc(NC(C)=O)c3)C2c2ccco2)cc1. The number of carbonyl (C=O) groups is 3. The van der Waals surface area contributed by atoms with Crippen molar-refractivity contribution in [1.29, 1.82) is 0 Å². The summed E-state index contributed by atoms with van der Waals surface area (Å²) in [6.07, 6.45) is 2.29. The second kappa shape index (κ2) is 9.66. The average molecular weight is 460 g/mol. The fourth-order valence-corrected chi connectivity index (χ4v) is 3.84. The molecule has 1 aliphatic rings. The van der Waals surface area contributed by atoms with Crippen molar-refractivity contribution in [3.63, 3.8) is 0 Å². The lowest BCUT2D eigenvalue weighted by Gasteiger charge is -2.24. The molecular weight excluding hydrogens is 436 g/mol. The number of nitrogens with one attached hydrogen (secondary N) is 1. The molecule has 1 fully saturated rings. The maximum atomic E-state index is 13.1. The summed E-state index contributed by atoms with van der Waals surface area (Å²) in [4.78, 5) is 39.0. The van der Waals surface area contributed by atoms with Gasteiger partial charge in [0.2, 0.25) is 5.91 Å². The van der Waals surface area contributed by atoms with Crippen LogP contribution >= 0.6 is 0 Å². The molecule has 174 valence electrons. The highest BCUT2D eigenvalue weighted by molar-refractivity contribution is 6.51. The molecule has 0 radical (unpaired) electrons. The van der Waals surface area contributed by atoms with Crippen molar-refractivity contribution in [3.8, 4) is 5.75 Å². The Hall–Kier alpha value is -4.33. The van der Waals surface area contributed by atoms with Crippen LogP contribution in [-0.2, 0) is 14.4 Å². The number of aliphatic hydroxyl groups excluding tert-OH is 1. The molecule has 8 nitrogen and oxygen atoms in total. The molecule has 1 aliphatic heterocycles. The van der Waals surface area contributed by atoms with Crippen LogP contribution in [0.15, 0.2) is 76.9 Å². The van der Waals surface area contributed by atoms with Crippen molar-refractivity contribution in [1.82, 2.24) is 0 Å². The maximum Gasteiger partial charge on any atom is 0.300 e. The second-order valence-corrected chi connectivity index (χ2v) is 7.79. The molecule has 2 heterocycles. The van der Waals surface area contributed by atoms with E-state index < -0.39 is 17.7 Å². The fraction of sp³-hybridized carbons (Fsp3) is 0.192. The predicted molar refractivity (Wildman–Crippen MR) is 126 cm³/mol. The van der Waals surface area contributed by atoms with Crippen LogP contribution in [0, 0.1) is 0 Å². The fourth-order valence-electron chi connectivity index (χ4n) is 3.84. The number of benzene rings is 2. The summed E-state index contributed by atoms with van der Waals surface area (Å²) in [6.45, 7) is 3.94. The minimum Gasteiger partial charge on any atom is -0.507 e. The van der Waals surface area contributed by atoms with E-state index in [4.69, 9.17) is 9.15 Å². The molecule has 0 spiro atoms. The van der Waals surface area contributed by atoms with Gasteiger partial charge in [-0.15, -0.1) is 0 Å². The molecule has 0 saturated carbocycles. The van der Waals surface area contributed by atoms with E-state index in [-0.39, 0.29) is 17.2 Å². The first-order valence-electron chi connectivity index (χ1n) is 10.9. The lowest BCUT2D eigenvalue weighted by atomic mass is 9.99. The summed E-state index contributed by atoms with van der Waals surface area (Å²) < 4.78 is 11.1. The molecule has 4 rings (SSSR count). The first-order valence-corrected chi connectivity index (χ1v) is 10.9. The molecule has 2 aromatic carbocycles. The standard InChI is InChI=1S/C26H24N2O6/c1-3-13-33-20-11-9-17(10-12-20)24(30)22-23(21-8-5-14-34-21)28(26(32)25(22)31)19-7-4-6-18(15-19)27-16(2)29/h4-12,14-15,23,30H,3,13H2,1-2H3,(H,27,29)/b24-22-. The summed E-state index contributed by atoms with van der Waals surface area (Å²) >= 11 is 0. The van der Waals surface area contributed by atoms with Gasteiger partial charge in [-0.25, -0.2) is 0 Å². The molecule has 2 N–H and O–H groups in total. The number of amides is 2. The number of furan rings is 1. The van der Waals surface area contributed by atoms with Crippen LogP contribution in [0.4, 0.5) is 11.4 Å². The number of ether oxygens (including phenoxy) is 1. The van der Waals surface area contributed by atoms with Crippen LogP contribution in [0.5, 0.6) is 5.75 Å². The molecule has 1 atom stereocenters. The number of aliphatic hydroxyl groups is 1. The van der Waals surface area contributed by atoms with E-state index in [0.29, 0.717) is 35.1 Å². The third kappa shape index (κ3) is 4.43. The summed E-state index contributed by atoms with van der Waals surface area (Å²) in [5.41, 5.74) is 1.11. The molecule has 2 amide bonds. The minimum atomic E-state index is -0.987. The number of carbonyl (C=O) groups excluding carboxylic acids is 3. The Morgan fingerprint density at radius 2 is 1.88 bits per heavy atom. The van der Waals surface area contributed by atoms with E-state index in [1.807, 2.05) is 6.92 Å². The van der Waals surface area contributed by atoms with Gasteiger partial charge >= 0.3 is 0 Å². The van der Waals surface area contributed by atoms with Crippen LogP contribution in [0.2, 0.25) is 0 Å². The van der Waals surface area contributed by atoms with Gasteiger partial charge < -0.3 is 19.6 Å². The molecule has 34 heavy (non-hydrogen) atoms. The molecule has 8 heteroatoms. The monoisotopic (exact) mass is 460 g/mol. The van der Waals surface area contributed by atoms with Crippen molar-refractivity contribution >= 4 is 34.7 Å². The van der Waals surface area contributed by atoms with Gasteiger partial charge in [-0.05, 0) is 61.0 Å². The molecule has 1 saturated heterocycles. The van der Waals surface area contributed by atoms with Gasteiger partial charge in [-0.1, -0.05) is 13.0 Å². The van der Waals surface area contributed by atoms with Crippen molar-refractivity contribution < 1.29 is 28.6 Å². The van der Waals surface area contributed by atoms with E-state index in [1.54, 1.807) is 60.7 Å². The van der Waals surface area contributed by atoms with E-state index in [1.165, 1.54) is 18.1 Å². The van der Waals surface area contributed by atoms with Crippen LogP contribution in [0.25, 0.3) is 5.76 Å². The van der Waals surface area contributed by atoms with Gasteiger partial charge in [0.25, 0.3) is 11.7 Å². The normalized spacial score (nSPS) is 17.1. The molecule has 3 aromatic rings. The summed E-state index contributed by atoms with van der Waals surface area (Å²) in [7, 11) is 0. The molecular formula is C26H24N2O6. The Labute approximate surface area is 196 Å². The third-order valence-electron chi connectivity index (χ3n) is 5.30. The Balaban J connectivity index is 1.80. The Bertz CT molecular complexity index is 1240. The first-order chi connectivity index (χ1) is 16.4. The number of hydrogen-bond donors (Lipinski definition) is 2. The Kier molecular flexibility index (Phi) is 6.49. The molecule has 0 aliphatic carbocycles. The zero-order valence-electron chi connectivity index (χ0n) is 18.8. The van der Waals surface area contributed by atoms with Crippen molar-refractivity contribution in [2.75, 3.05) is 16.8 Å². The highest BCUT2D eigenvalue weighted by atomic mass is 16.5. The van der Waals surface area contributed by atoms with Crippen molar-refractivity contribution in [3.05, 3.63) is 83.8 Å². The molecule has 1 aromatic heterocycles. The summed E-state index contributed by atoms with van der Waals surface area (Å²) in [5, 5.41) is 13.8. The number of nitrogens with zero attached hydrogens (tertiary/aromatic N) is 1. The predicted octanol–water partition coefficient (Wildman–Crippen LogP) is 4.65. The smallest absolute Gasteiger partial charge is 0.300 e. The Morgan fingerprint density at radius 1 is 1.12 bits per heavy atom. The maximum absolute atomic E-state index is 13.1. The largest absolute Gasteiger partial charge is 0.507 e. The van der Waals surface area contributed by atoms with Gasteiger partial charge in [0.1, 0.15) is 23.3 Å². The third-order valence-corrected chi connectivity index (χ3v) is 5.30.